The van der Waals surface area contributed by atoms with Crippen molar-refractivity contribution in [2.45, 2.75) is 13.8 Å². The number of hydrogen-bond acceptors (Lipinski definition) is 4. The zero-order chi connectivity index (χ0) is 13.1. The van der Waals surface area contributed by atoms with Crippen LogP contribution in [0.1, 0.15) is 21.8 Å². The Morgan fingerprint density at radius 3 is 2.78 bits per heavy atom. The van der Waals surface area contributed by atoms with Crippen molar-refractivity contribution in [1.82, 2.24) is 5.16 Å². The Morgan fingerprint density at radius 1 is 1.39 bits per heavy atom. The fourth-order valence-corrected chi connectivity index (χ4v) is 1.61. The molecular formula is C13H14N2O3. The highest BCUT2D eigenvalue weighted by Crippen LogP contribution is 2.20. The number of ether oxygens (including phenoxy) is 1. The average molecular weight is 246 g/mol. The van der Waals surface area contributed by atoms with Crippen molar-refractivity contribution in [3.8, 4) is 5.75 Å². The molecule has 1 amide bonds. The number of benzene rings is 1. The Kier molecular flexibility index (Phi) is 3.32. The van der Waals surface area contributed by atoms with E-state index in [2.05, 4.69) is 10.5 Å². The predicted molar refractivity (Wildman–Crippen MR) is 66.9 cm³/mol. The number of aromatic nitrogens is 1. The van der Waals surface area contributed by atoms with Gasteiger partial charge >= 0.3 is 0 Å². The van der Waals surface area contributed by atoms with Crippen LogP contribution in [0, 0.1) is 13.8 Å². The van der Waals surface area contributed by atoms with E-state index in [1.807, 2.05) is 0 Å². The summed E-state index contributed by atoms with van der Waals surface area (Å²) in [4.78, 5) is 12.0. The topological polar surface area (TPSA) is 64.4 Å². The molecule has 0 aliphatic rings. The molecule has 0 fully saturated rings. The van der Waals surface area contributed by atoms with Crippen molar-refractivity contribution in [2.24, 2.45) is 0 Å². The van der Waals surface area contributed by atoms with Crippen LogP contribution in [-0.4, -0.2) is 18.2 Å². The van der Waals surface area contributed by atoms with Gasteiger partial charge in [0.25, 0.3) is 5.91 Å². The Morgan fingerprint density at radius 2 is 2.17 bits per heavy atom. The van der Waals surface area contributed by atoms with Gasteiger partial charge in [-0.05, 0) is 32.0 Å². The molecule has 1 aromatic heterocycles. The van der Waals surface area contributed by atoms with Crippen LogP contribution < -0.4 is 10.1 Å². The Labute approximate surface area is 105 Å². The van der Waals surface area contributed by atoms with E-state index in [0.717, 1.165) is 0 Å². The van der Waals surface area contributed by atoms with Crippen LogP contribution >= 0.6 is 0 Å². The zero-order valence-corrected chi connectivity index (χ0v) is 10.5. The molecule has 0 aliphatic heterocycles. The summed E-state index contributed by atoms with van der Waals surface area (Å²) in [5.41, 5.74) is 1.79. The average Bonchev–Trinajstić information content (AvgIpc) is 2.70. The number of rotatable bonds is 3. The van der Waals surface area contributed by atoms with Crippen LogP contribution in [0.5, 0.6) is 5.75 Å². The summed E-state index contributed by atoms with van der Waals surface area (Å²) < 4.78 is 10.1. The van der Waals surface area contributed by atoms with Crippen molar-refractivity contribution in [1.29, 1.82) is 0 Å². The van der Waals surface area contributed by atoms with E-state index < -0.39 is 0 Å². The van der Waals surface area contributed by atoms with Crippen LogP contribution in [0.15, 0.2) is 28.8 Å². The van der Waals surface area contributed by atoms with Crippen LogP contribution in [0.3, 0.4) is 0 Å². The maximum absolute atomic E-state index is 12.0. The summed E-state index contributed by atoms with van der Waals surface area (Å²) >= 11 is 0. The van der Waals surface area contributed by atoms with Crippen molar-refractivity contribution >= 4 is 11.6 Å². The standard InChI is InChI=1S/C13H14N2O3/c1-8-12(9(2)18-15-8)14-13(16)10-5-4-6-11(7-10)17-3/h4-7H,1-3H3,(H,14,16). The molecule has 18 heavy (non-hydrogen) atoms. The van der Waals surface area contributed by atoms with Gasteiger partial charge in [-0.3, -0.25) is 4.79 Å². The lowest BCUT2D eigenvalue weighted by Crippen LogP contribution is -2.12. The number of methoxy groups -OCH3 is 1. The molecule has 1 heterocycles. The third kappa shape index (κ3) is 2.34. The van der Waals surface area contributed by atoms with Crippen LogP contribution in [0.4, 0.5) is 5.69 Å². The van der Waals surface area contributed by atoms with Crippen molar-refractivity contribution in [3.05, 3.63) is 41.3 Å². The minimum absolute atomic E-state index is 0.219. The lowest BCUT2D eigenvalue weighted by atomic mass is 10.2. The summed E-state index contributed by atoms with van der Waals surface area (Å²) in [5.74, 6) is 1.01. The lowest BCUT2D eigenvalue weighted by Gasteiger charge is -2.05. The molecule has 0 saturated carbocycles. The van der Waals surface area contributed by atoms with Crippen LogP contribution in [0.25, 0.3) is 0 Å². The zero-order valence-electron chi connectivity index (χ0n) is 10.5. The first kappa shape index (κ1) is 12.2. The predicted octanol–water partition coefficient (Wildman–Crippen LogP) is 2.55. The molecule has 5 heteroatoms. The third-order valence-corrected chi connectivity index (χ3v) is 2.60. The number of nitrogens with one attached hydrogen (secondary N) is 1. The molecule has 5 nitrogen and oxygen atoms in total. The van der Waals surface area contributed by atoms with Gasteiger partial charge in [0.1, 0.15) is 17.1 Å². The van der Waals surface area contributed by atoms with E-state index in [-0.39, 0.29) is 5.91 Å². The number of anilines is 1. The first-order valence-corrected chi connectivity index (χ1v) is 5.50. The van der Waals surface area contributed by atoms with E-state index in [4.69, 9.17) is 9.26 Å². The fraction of sp³-hybridized carbons (Fsp3) is 0.231. The first-order chi connectivity index (χ1) is 8.61. The summed E-state index contributed by atoms with van der Waals surface area (Å²) in [7, 11) is 1.56. The van der Waals surface area contributed by atoms with Gasteiger partial charge in [-0.2, -0.15) is 0 Å². The summed E-state index contributed by atoms with van der Waals surface area (Å²) in [5, 5.41) is 6.56. The third-order valence-electron chi connectivity index (χ3n) is 2.60. The van der Waals surface area contributed by atoms with Gasteiger partial charge in [-0.1, -0.05) is 11.2 Å². The normalized spacial score (nSPS) is 10.2. The maximum atomic E-state index is 12.0. The molecule has 2 rings (SSSR count). The van der Waals surface area contributed by atoms with Gasteiger partial charge in [-0.15, -0.1) is 0 Å². The van der Waals surface area contributed by atoms with Gasteiger partial charge in [-0.25, -0.2) is 0 Å². The smallest absolute Gasteiger partial charge is 0.255 e. The van der Waals surface area contributed by atoms with Crippen molar-refractivity contribution in [3.63, 3.8) is 0 Å². The number of nitrogens with zero attached hydrogens (tertiary/aromatic N) is 1. The number of carbonyl (C=O) groups is 1. The molecule has 1 aromatic carbocycles. The molecule has 0 unspecified atom stereocenters. The minimum Gasteiger partial charge on any atom is -0.497 e. The highest BCUT2D eigenvalue weighted by molar-refractivity contribution is 6.05. The van der Waals surface area contributed by atoms with E-state index in [1.54, 1.807) is 45.2 Å². The van der Waals surface area contributed by atoms with Gasteiger partial charge in [0.15, 0.2) is 5.76 Å². The van der Waals surface area contributed by atoms with Gasteiger partial charge < -0.3 is 14.6 Å². The molecule has 0 radical (unpaired) electrons. The quantitative estimate of drug-likeness (QED) is 0.903. The second kappa shape index (κ2) is 4.91. The molecule has 2 aromatic rings. The Balaban J connectivity index is 2.22. The van der Waals surface area contributed by atoms with Crippen LogP contribution in [0.2, 0.25) is 0 Å². The second-order valence-corrected chi connectivity index (χ2v) is 3.89. The molecule has 1 N–H and O–H groups in total. The van der Waals surface area contributed by atoms with Gasteiger partial charge in [0, 0.05) is 5.56 Å². The largest absolute Gasteiger partial charge is 0.497 e. The monoisotopic (exact) mass is 246 g/mol. The SMILES string of the molecule is COc1cccc(C(=O)Nc2c(C)noc2C)c1. The van der Waals surface area contributed by atoms with Gasteiger partial charge in [0.2, 0.25) is 0 Å². The fourth-order valence-electron chi connectivity index (χ4n) is 1.61. The number of hydrogen-bond donors (Lipinski definition) is 1. The first-order valence-electron chi connectivity index (χ1n) is 5.50. The van der Waals surface area contributed by atoms with E-state index in [0.29, 0.717) is 28.5 Å². The van der Waals surface area contributed by atoms with Gasteiger partial charge in [0.05, 0.1) is 7.11 Å². The lowest BCUT2D eigenvalue weighted by molar-refractivity contribution is 0.102. The van der Waals surface area contributed by atoms with Crippen molar-refractivity contribution < 1.29 is 14.1 Å². The number of carbonyl (C=O) groups excluding carboxylic acids is 1. The Hall–Kier alpha value is -2.30. The number of amides is 1. The summed E-state index contributed by atoms with van der Waals surface area (Å²) in [6, 6.07) is 6.94. The molecule has 94 valence electrons. The summed E-state index contributed by atoms with van der Waals surface area (Å²) in [6.07, 6.45) is 0. The minimum atomic E-state index is -0.219. The maximum Gasteiger partial charge on any atom is 0.255 e. The van der Waals surface area contributed by atoms with Crippen LogP contribution in [-0.2, 0) is 0 Å². The highest BCUT2D eigenvalue weighted by atomic mass is 16.5. The Bertz CT molecular complexity index is 556. The molecule has 0 bridgehead atoms. The second-order valence-electron chi connectivity index (χ2n) is 3.89. The molecule has 0 aliphatic carbocycles. The molecular weight excluding hydrogens is 232 g/mol. The molecule has 0 spiro atoms. The number of aryl methyl sites for hydroxylation is 2. The van der Waals surface area contributed by atoms with Crippen molar-refractivity contribution in [2.75, 3.05) is 12.4 Å². The van der Waals surface area contributed by atoms with E-state index in [9.17, 15) is 4.79 Å². The highest BCUT2D eigenvalue weighted by Gasteiger charge is 2.13. The van der Waals surface area contributed by atoms with E-state index >= 15 is 0 Å². The molecule has 0 saturated heterocycles. The van der Waals surface area contributed by atoms with E-state index in [1.165, 1.54) is 0 Å². The molecule has 0 atom stereocenters. The summed E-state index contributed by atoms with van der Waals surface area (Å²) in [6.45, 7) is 3.53.